The molecule has 23 heavy (non-hydrogen) atoms. The minimum atomic E-state index is 0.128. The van der Waals surface area contributed by atoms with E-state index in [1.165, 1.54) is 0 Å². The zero-order valence-corrected chi connectivity index (χ0v) is 14.8. The molecule has 0 atom stereocenters. The maximum absolute atomic E-state index is 11.6. The Morgan fingerprint density at radius 1 is 1.26 bits per heavy atom. The molecule has 2 rings (SSSR count). The van der Waals surface area contributed by atoms with Crippen molar-refractivity contribution in [2.24, 2.45) is 0 Å². The molecule has 0 spiro atoms. The number of nitrogens with zero attached hydrogens (tertiary/aromatic N) is 3. The third-order valence-corrected chi connectivity index (χ3v) is 4.08. The summed E-state index contributed by atoms with van der Waals surface area (Å²) in [4.78, 5) is 13.2. The van der Waals surface area contributed by atoms with Crippen molar-refractivity contribution in [1.29, 1.82) is 0 Å². The number of nitrogens with one attached hydrogen (secondary N) is 1. The van der Waals surface area contributed by atoms with Crippen LogP contribution >= 0.6 is 11.6 Å². The molecular weight excluding hydrogens is 312 g/mol. The van der Waals surface area contributed by atoms with Crippen LogP contribution < -0.4 is 5.32 Å². The van der Waals surface area contributed by atoms with Gasteiger partial charge in [0.05, 0.1) is 11.4 Å². The molecule has 1 heterocycles. The fourth-order valence-electron chi connectivity index (χ4n) is 2.40. The molecule has 0 aliphatic rings. The van der Waals surface area contributed by atoms with Gasteiger partial charge in [-0.2, -0.15) is 5.10 Å². The summed E-state index contributed by atoms with van der Waals surface area (Å²) in [5.41, 5.74) is 4.24. The van der Waals surface area contributed by atoms with Gasteiger partial charge in [0.1, 0.15) is 0 Å². The van der Waals surface area contributed by atoms with E-state index in [9.17, 15) is 4.79 Å². The van der Waals surface area contributed by atoms with Gasteiger partial charge in [-0.3, -0.25) is 4.79 Å². The molecule has 1 aromatic carbocycles. The monoisotopic (exact) mass is 334 g/mol. The summed E-state index contributed by atoms with van der Waals surface area (Å²) in [6.07, 6.45) is 0.496. The minimum Gasteiger partial charge on any atom is -0.349 e. The minimum absolute atomic E-state index is 0.128. The van der Waals surface area contributed by atoms with Crippen LogP contribution in [0.15, 0.2) is 24.3 Å². The predicted molar refractivity (Wildman–Crippen MR) is 93.1 cm³/mol. The third-order valence-electron chi connectivity index (χ3n) is 3.83. The van der Waals surface area contributed by atoms with E-state index in [2.05, 4.69) is 17.3 Å². The second-order valence-electron chi connectivity index (χ2n) is 5.75. The number of hydrogen-bond donors (Lipinski definition) is 1. The van der Waals surface area contributed by atoms with Crippen LogP contribution in [-0.4, -0.2) is 41.2 Å². The zero-order valence-electron chi connectivity index (χ0n) is 14.1. The Hall–Kier alpha value is -1.85. The average molecular weight is 335 g/mol. The lowest BCUT2D eigenvalue weighted by molar-refractivity contribution is -0.128. The van der Waals surface area contributed by atoms with E-state index in [0.717, 1.165) is 22.6 Å². The van der Waals surface area contributed by atoms with Crippen molar-refractivity contribution in [1.82, 2.24) is 20.0 Å². The second-order valence-corrected chi connectivity index (χ2v) is 6.19. The zero-order chi connectivity index (χ0) is 17.0. The fraction of sp³-hybridized carbons (Fsp3) is 0.412. The topological polar surface area (TPSA) is 50.2 Å². The SMILES string of the molecule is Cc1nn(-c2ccc(Cl)cc2)c(C)c1CNCCC(=O)N(C)C. The van der Waals surface area contributed by atoms with E-state index in [0.29, 0.717) is 24.5 Å². The van der Waals surface area contributed by atoms with Gasteiger partial charge >= 0.3 is 0 Å². The van der Waals surface area contributed by atoms with Crippen molar-refractivity contribution in [2.45, 2.75) is 26.8 Å². The quantitative estimate of drug-likeness (QED) is 0.826. The van der Waals surface area contributed by atoms with Gasteiger partial charge in [-0.25, -0.2) is 4.68 Å². The van der Waals surface area contributed by atoms with E-state index in [1.54, 1.807) is 19.0 Å². The molecule has 0 saturated heterocycles. The molecule has 0 unspecified atom stereocenters. The summed E-state index contributed by atoms with van der Waals surface area (Å²) in [7, 11) is 3.54. The summed E-state index contributed by atoms with van der Waals surface area (Å²) < 4.78 is 1.92. The highest BCUT2D eigenvalue weighted by Crippen LogP contribution is 2.19. The highest BCUT2D eigenvalue weighted by molar-refractivity contribution is 6.30. The van der Waals surface area contributed by atoms with Crippen LogP contribution in [0.1, 0.15) is 23.4 Å². The summed E-state index contributed by atoms with van der Waals surface area (Å²) >= 11 is 5.94. The number of aromatic nitrogens is 2. The highest BCUT2D eigenvalue weighted by Gasteiger charge is 2.12. The van der Waals surface area contributed by atoms with Crippen molar-refractivity contribution < 1.29 is 4.79 Å². The lowest BCUT2D eigenvalue weighted by Gasteiger charge is -2.10. The first-order chi connectivity index (χ1) is 10.9. The molecule has 0 bridgehead atoms. The Morgan fingerprint density at radius 2 is 1.91 bits per heavy atom. The van der Waals surface area contributed by atoms with Crippen LogP contribution in [0.2, 0.25) is 5.02 Å². The molecule has 1 N–H and O–H groups in total. The van der Waals surface area contributed by atoms with Crippen molar-refractivity contribution >= 4 is 17.5 Å². The molecule has 2 aromatic rings. The smallest absolute Gasteiger partial charge is 0.223 e. The van der Waals surface area contributed by atoms with Crippen LogP contribution in [0.3, 0.4) is 0 Å². The molecule has 6 heteroatoms. The van der Waals surface area contributed by atoms with Crippen LogP contribution in [0, 0.1) is 13.8 Å². The number of amides is 1. The van der Waals surface area contributed by atoms with Gasteiger partial charge in [0.15, 0.2) is 0 Å². The van der Waals surface area contributed by atoms with Crippen molar-refractivity contribution in [3.8, 4) is 5.69 Å². The summed E-state index contributed by atoms with van der Waals surface area (Å²) in [6.45, 7) is 5.41. The average Bonchev–Trinajstić information content (AvgIpc) is 2.79. The van der Waals surface area contributed by atoms with Gasteiger partial charge < -0.3 is 10.2 Å². The first kappa shape index (κ1) is 17.5. The normalized spacial score (nSPS) is 10.8. The Kier molecular flexibility index (Phi) is 5.80. The number of carbonyl (C=O) groups is 1. The highest BCUT2D eigenvalue weighted by atomic mass is 35.5. The Bertz CT molecular complexity index is 677. The number of carbonyl (C=O) groups excluding carboxylic acids is 1. The van der Waals surface area contributed by atoms with Gasteiger partial charge in [0.2, 0.25) is 5.91 Å². The van der Waals surface area contributed by atoms with E-state index in [-0.39, 0.29) is 5.91 Å². The standard InChI is InChI=1S/C17H23ClN4O/c1-12-16(11-19-10-9-17(23)21(3)4)13(2)22(20-12)15-7-5-14(18)6-8-15/h5-8,19H,9-11H2,1-4H3. The third kappa shape index (κ3) is 4.33. The Labute approximate surface area is 142 Å². The number of halogens is 1. The van der Waals surface area contributed by atoms with Crippen molar-refractivity contribution in [3.63, 3.8) is 0 Å². The van der Waals surface area contributed by atoms with Crippen molar-refractivity contribution in [2.75, 3.05) is 20.6 Å². The maximum Gasteiger partial charge on any atom is 0.223 e. The first-order valence-corrected chi connectivity index (χ1v) is 8.00. The lowest BCUT2D eigenvalue weighted by atomic mass is 10.2. The molecule has 0 saturated carbocycles. The molecule has 0 fully saturated rings. The first-order valence-electron chi connectivity index (χ1n) is 7.62. The van der Waals surface area contributed by atoms with Crippen LogP contribution in [0.4, 0.5) is 0 Å². The fourth-order valence-corrected chi connectivity index (χ4v) is 2.52. The number of aryl methyl sites for hydroxylation is 1. The molecule has 1 aromatic heterocycles. The van der Waals surface area contributed by atoms with Gasteiger partial charge in [-0.1, -0.05) is 11.6 Å². The Balaban J connectivity index is 2.03. The van der Waals surface area contributed by atoms with E-state index < -0.39 is 0 Å². The van der Waals surface area contributed by atoms with Gasteiger partial charge in [0, 0.05) is 49.9 Å². The van der Waals surface area contributed by atoms with E-state index in [4.69, 9.17) is 11.6 Å². The van der Waals surface area contributed by atoms with Crippen LogP contribution in [0.5, 0.6) is 0 Å². The number of hydrogen-bond acceptors (Lipinski definition) is 3. The van der Waals surface area contributed by atoms with Crippen molar-refractivity contribution in [3.05, 3.63) is 46.2 Å². The summed E-state index contributed by atoms with van der Waals surface area (Å²) in [5.74, 6) is 0.128. The number of benzene rings is 1. The molecule has 5 nitrogen and oxygen atoms in total. The van der Waals surface area contributed by atoms with Gasteiger partial charge in [-0.15, -0.1) is 0 Å². The molecular formula is C17H23ClN4O. The summed E-state index contributed by atoms with van der Waals surface area (Å²) in [5, 5.41) is 8.64. The summed E-state index contributed by atoms with van der Waals surface area (Å²) in [6, 6.07) is 7.62. The lowest BCUT2D eigenvalue weighted by Crippen LogP contribution is -2.26. The largest absolute Gasteiger partial charge is 0.349 e. The number of rotatable bonds is 6. The molecule has 1 amide bonds. The van der Waals surface area contributed by atoms with Crippen LogP contribution in [0.25, 0.3) is 5.69 Å². The second kappa shape index (κ2) is 7.62. The maximum atomic E-state index is 11.6. The molecule has 124 valence electrons. The Morgan fingerprint density at radius 3 is 2.52 bits per heavy atom. The van der Waals surface area contributed by atoms with E-state index in [1.807, 2.05) is 35.9 Å². The van der Waals surface area contributed by atoms with Gasteiger partial charge in [-0.05, 0) is 38.1 Å². The van der Waals surface area contributed by atoms with Crippen LogP contribution in [-0.2, 0) is 11.3 Å². The van der Waals surface area contributed by atoms with E-state index >= 15 is 0 Å². The predicted octanol–water partition coefficient (Wildman–Crippen LogP) is 2.71. The molecule has 0 aliphatic carbocycles. The molecule has 0 aliphatic heterocycles. The van der Waals surface area contributed by atoms with Gasteiger partial charge in [0.25, 0.3) is 0 Å². The molecule has 0 radical (unpaired) electrons.